The molecule has 0 saturated carbocycles. The maximum Gasteiger partial charge on any atom is 0.225 e. The fourth-order valence-corrected chi connectivity index (χ4v) is 5.03. The van der Waals surface area contributed by atoms with Crippen molar-refractivity contribution in [3.63, 3.8) is 0 Å². The van der Waals surface area contributed by atoms with Crippen LogP contribution in [0.15, 0.2) is 41.6 Å². The number of ether oxygens (including phenoxy) is 3. The summed E-state index contributed by atoms with van der Waals surface area (Å²) in [5.74, 6) is 0.787. The van der Waals surface area contributed by atoms with E-state index in [-0.39, 0.29) is 24.0 Å². The van der Waals surface area contributed by atoms with Crippen molar-refractivity contribution in [2.24, 2.45) is 0 Å². The molecule has 0 saturated heterocycles. The molecule has 0 fully saturated rings. The van der Waals surface area contributed by atoms with E-state index >= 15 is 0 Å². The molecule has 168 valence electrons. The highest BCUT2D eigenvalue weighted by molar-refractivity contribution is 6.42. The average molecular weight is 476 g/mol. The molecule has 2 unspecified atom stereocenters. The molecule has 0 spiro atoms. The van der Waals surface area contributed by atoms with Gasteiger partial charge in [-0.1, -0.05) is 35.3 Å². The Morgan fingerprint density at radius 1 is 0.938 bits per heavy atom. The molecule has 1 aliphatic carbocycles. The van der Waals surface area contributed by atoms with E-state index in [2.05, 4.69) is 5.32 Å². The van der Waals surface area contributed by atoms with Crippen molar-refractivity contribution in [2.75, 3.05) is 21.3 Å². The van der Waals surface area contributed by atoms with Gasteiger partial charge in [0.25, 0.3) is 0 Å². The van der Waals surface area contributed by atoms with Crippen molar-refractivity contribution >= 4 is 34.9 Å². The number of carbonyl (C=O) groups is 2. The standard InChI is InChI=1S/C24H23Cl2NO5/c1-30-19-9-13(10-20(31-2)24(19)32-3)12-7-17-22(18(28)8-12)15(11-21(29)27-17)14-5-4-6-16(25)23(14)26/h4-6,9-10,12,15H,7-8,11H2,1-3H3,(H,27,29). The molecule has 0 radical (unpaired) electrons. The molecule has 2 atom stereocenters. The van der Waals surface area contributed by atoms with Gasteiger partial charge in [0.15, 0.2) is 17.3 Å². The Kier molecular flexibility index (Phi) is 6.35. The zero-order valence-electron chi connectivity index (χ0n) is 18.0. The fourth-order valence-electron chi connectivity index (χ4n) is 4.59. The Labute approximate surface area is 196 Å². The number of Topliss-reactive ketones (excluding diaryl/α,β-unsaturated/α-hetero) is 1. The molecule has 8 heteroatoms. The summed E-state index contributed by atoms with van der Waals surface area (Å²) in [7, 11) is 4.64. The molecule has 1 amide bonds. The van der Waals surface area contributed by atoms with Crippen LogP contribution >= 0.6 is 23.2 Å². The van der Waals surface area contributed by atoms with Crippen molar-refractivity contribution in [2.45, 2.75) is 31.1 Å². The molecule has 1 heterocycles. The first-order valence-corrected chi connectivity index (χ1v) is 10.9. The molecule has 2 aliphatic rings. The number of hydrogen-bond acceptors (Lipinski definition) is 5. The third kappa shape index (κ3) is 3.93. The maximum atomic E-state index is 13.4. The van der Waals surface area contributed by atoms with Crippen molar-refractivity contribution in [1.82, 2.24) is 5.32 Å². The van der Waals surface area contributed by atoms with E-state index in [0.29, 0.717) is 57.0 Å². The van der Waals surface area contributed by atoms with E-state index in [9.17, 15) is 9.59 Å². The van der Waals surface area contributed by atoms with Crippen LogP contribution in [0.4, 0.5) is 0 Å². The quantitative estimate of drug-likeness (QED) is 0.656. The molecule has 4 rings (SSSR count). The molecule has 0 aromatic heterocycles. The van der Waals surface area contributed by atoms with Gasteiger partial charge in [-0.05, 0) is 41.7 Å². The number of hydrogen-bond donors (Lipinski definition) is 1. The van der Waals surface area contributed by atoms with Crippen LogP contribution in [0.3, 0.4) is 0 Å². The van der Waals surface area contributed by atoms with Gasteiger partial charge in [0, 0.05) is 30.0 Å². The minimum absolute atomic E-state index is 0.0222. The lowest BCUT2D eigenvalue weighted by molar-refractivity contribution is -0.122. The number of ketones is 1. The summed E-state index contributed by atoms with van der Waals surface area (Å²) >= 11 is 12.6. The monoisotopic (exact) mass is 475 g/mol. The number of methoxy groups -OCH3 is 3. The largest absolute Gasteiger partial charge is 0.493 e. The third-order valence-electron chi connectivity index (χ3n) is 6.05. The topological polar surface area (TPSA) is 73.9 Å². The van der Waals surface area contributed by atoms with Crippen molar-refractivity contribution < 1.29 is 23.8 Å². The highest BCUT2D eigenvalue weighted by Gasteiger charge is 2.39. The van der Waals surface area contributed by atoms with Gasteiger partial charge in [0.2, 0.25) is 11.7 Å². The Hall–Kier alpha value is -2.70. The zero-order chi connectivity index (χ0) is 23.0. The average Bonchev–Trinajstić information content (AvgIpc) is 2.78. The second-order valence-corrected chi connectivity index (χ2v) is 8.61. The Morgan fingerprint density at radius 3 is 2.25 bits per heavy atom. The van der Waals surface area contributed by atoms with Gasteiger partial charge in [-0.15, -0.1) is 0 Å². The van der Waals surface area contributed by atoms with Gasteiger partial charge in [0.1, 0.15) is 0 Å². The lowest BCUT2D eigenvalue weighted by atomic mass is 9.73. The molecule has 0 bridgehead atoms. The molecular formula is C24H23Cl2NO5. The minimum Gasteiger partial charge on any atom is -0.493 e. The second-order valence-electron chi connectivity index (χ2n) is 7.83. The number of allylic oxidation sites excluding steroid dienone is 2. The fraction of sp³-hybridized carbons (Fsp3) is 0.333. The number of carbonyl (C=O) groups excluding carboxylic acids is 2. The molecule has 32 heavy (non-hydrogen) atoms. The first kappa shape index (κ1) is 22.5. The highest BCUT2D eigenvalue weighted by atomic mass is 35.5. The summed E-state index contributed by atoms with van der Waals surface area (Å²) in [4.78, 5) is 25.9. The van der Waals surface area contributed by atoms with E-state index in [1.165, 1.54) is 0 Å². The summed E-state index contributed by atoms with van der Waals surface area (Å²) < 4.78 is 16.3. The Bertz CT molecular complexity index is 1100. The van der Waals surface area contributed by atoms with Crippen LogP contribution in [0.25, 0.3) is 0 Å². The summed E-state index contributed by atoms with van der Waals surface area (Å²) in [6, 6.07) is 8.99. The van der Waals surface area contributed by atoms with Gasteiger partial charge in [-0.2, -0.15) is 0 Å². The van der Waals surface area contributed by atoms with Crippen LogP contribution in [0.5, 0.6) is 17.2 Å². The first-order valence-electron chi connectivity index (χ1n) is 10.2. The Balaban J connectivity index is 1.75. The molecule has 1 N–H and O–H groups in total. The van der Waals surface area contributed by atoms with Gasteiger partial charge in [-0.3, -0.25) is 9.59 Å². The van der Waals surface area contributed by atoms with Crippen LogP contribution in [0.2, 0.25) is 10.0 Å². The lowest BCUT2D eigenvalue weighted by Crippen LogP contribution is -2.38. The number of halogens is 2. The smallest absolute Gasteiger partial charge is 0.225 e. The summed E-state index contributed by atoms with van der Waals surface area (Å²) in [5, 5.41) is 3.69. The lowest BCUT2D eigenvalue weighted by Gasteiger charge is -2.35. The molecule has 6 nitrogen and oxygen atoms in total. The Morgan fingerprint density at radius 2 is 1.62 bits per heavy atom. The summed E-state index contributed by atoms with van der Waals surface area (Å²) in [6.07, 6.45) is 0.946. The van der Waals surface area contributed by atoms with Crippen LogP contribution < -0.4 is 19.5 Å². The van der Waals surface area contributed by atoms with Crippen LogP contribution in [0, 0.1) is 0 Å². The van der Waals surface area contributed by atoms with Gasteiger partial charge < -0.3 is 19.5 Å². The first-order chi connectivity index (χ1) is 15.4. The minimum atomic E-state index is -0.418. The van der Waals surface area contributed by atoms with Crippen LogP contribution in [-0.2, 0) is 9.59 Å². The van der Waals surface area contributed by atoms with E-state index < -0.39 is 5.92 Å². The number of nitrogens with one attached hydrogen (secondary N) is 1. The van der Waals surface area contributed by atoms with Gasteiger partial charge >= 0.3 is 0 Å². The predicted octanol–water partition coefficient (Wildman–Crippen LogP) is 5.02. The van der Waals surface area contributed by atoms with E-state index in [0.717, 1.165) is 5.56 Å². The predicted molar refractivity (Wildman–Crippen MR) is 122 cm³/mol. The van der Waals surface area contributed by atoms with Gasteiger partial charge in [0.05, 0.1) is 31.4 Å². The molecule has 2 aromatic rings. The van der Waals surface area contributed by atoms with E-state index in [1.807, 2.05) is 18.2 Å². The maximum absolute atomic E-state index is 13.4. The highest BCUT2D eigenvalue weighted by Crippen LogP contribution is 2.47. The summed E-state index contributed by atoms with van der Waals surface area (Å²) in [5.41, 5.74) is 2.81. The van der Waals surface area contributed by atoms with E-state index in [1.54, 1.807) is 33.5 Å². The third-order valence-corrected chi connectivity index (χ3v) is 6.88. The van der Waals surface area contributed by atoms with Crippen LogP contribution in [0.1, 0.15) is 42.2 Å². The van der Waals surface area contributed by atoms with Crippen LogP contribution in [-0.4, -0.2) is 33.0 Å². The number of amides is 1. The molecular weight excluding hydrogens is 453 g/mol. The molecule has 2 aromatic carbocycles. The van der Waals surface area contributed by atoms with Gasteiger partial charge in [-0.25, -0.2) is 0 Å². The summed E-state index contributed by atoms with van der Waals surface area (Å²) in [6.45, 7) is 0. The molecule has 1 aliphatic heterocycles. The normalized spacial score (nSPS) is 20.5. The zero-order valence-corrected chi connectivity index (χ0v) is 19.5. The van der Waals surface area contributed by atoms with Crippen molar-refractivity contribution in [1.29, 1.82) is 0 Å². The van der Waals surface area contributed by atoms with Crippen molar-refractivity contribution in [3.05, 3.63) is 62.8 Å². The number of benzene rings is 2. The van der Waals surface area contributed by atoms with Crippen molar-refractivity contribution in [3.8, 4) is 17.2 Å². The SMILES string of the molecule is COc1cc(C2CC(=O)C3=C(C2)NC(=O)CC3c2cccc(Cl)c2Cl)cc(OC)c1OC. The number of rotatable bonds is 5. The second kappa shape index (κ2) is 9.04. The van der Waals surface area contributed by atoms with E-state index in [4.69, 9.17) is 37.4 Å².